The van der Waals surface area contributed by atoms with Crippen molar-refractivity contribution < 1.29 is 9.59 Å². The van der Waals surface area contributed by atoms with E-state index in [1.54, 1.807) is 0 Å². The molecule has 0 saturated carbocycles. The fourth-order valence-corrected chi connectivity index (χ4v) is 2.55. The molecular formula is C19H30N2O2. The highest BCUT2D eigenvalue weighted by molar-refractivity contribution is 6.39. The zero-order valence-electron chi connectivity index (χ0n) is 14.8. The molecule has 2 N–H and O–H groups in total. The van der Waals surface area contributed by atoms with Crippen molar-refractivity contribution in [2.45, 2.75) is 59.3 Å². The third-order valence-corrected chi connectivity index (χ3v) is 4.13. The average Bonchev–Trinajstić information content (AvgIpc) is 2.55. The van der Waals surface area contributed by atoms with Crippen molar-refractivity contribution in [1.82, 2.24) is 5.32 Å². The van der Waals surface area contributed by atoms with Crippen LogP contribution in [0.4, 0.5) is 5.69 Å². The summed E-state index contributed by atoms with van der Waals surface area (Å²) < 4.78 is 0. The highest BCUT2D eigenvalue weighted by atomic mass is 16.2. The highest BCUT2D eigenvalue weighted by Gasteiger charge is 2.17. The van der Waals surface area contributed by atoms with Gasteiger partial charge in [-0.1, -0.05) is 65.2 Å². The second-order valence-corrected chi connectivity index (χ2v) is 6.32. The van der Waals surface area contributed by atoms with Crippen LogP contribution in [-0.2, 0) is 9.59 Å². The van der Waals surface area contributed by atoms with Crippen LogP contribution in [0.5, 0.6) is 0 Å². The van der Waals surface area contributed by atoms with Crippen LogP contribution in [-0.4, -0.2) is 18.4 Å². The van der Waals surface area contributed by atoms with Crippen LogP contribution in [0, 0.1) is 5.92 Å². The Morgan fingerprint density at radius 3 is 2.39 bits per heavy atom. The van der Waals surface area contributed by atoms with Crippen molar-refractivity contribution >= 4 is 17.5 Å². The number of carbonyl (C=O) groups excluding carboxylic acids is 2. The van der Waals surface area contributed by atoms with E-state index in [9.17, 15) is 9.59 Å². The van der Waals surface area contributed by atoms with E-state index in [0.29, 0.717) is 18.2 Å². The van der Waals surface area contributed by atoms with E-state index in [1.165, 1.54) is 0 Å². The molecule has 0 fully saturated rings. The van der Waals surface area contributed by atoms with Crippen LogP contribution in [0.15, 0.2) is 24.3 Å². The van der Waals surface area contributed by atoms with Gasteiger partial charge in [0.1, 0.15) is 0 Å². The van der Waals surface area contributed by atoms with E-state index in [4.69, 9.17) is 0 Å². The summed E-state index contributed by atoms with van der Waals surface area (Å²) in [5, 5.41) is 5.49. The van der Waals surface area contributed by atoms with Crippen LogP contribution in [0.1, 0.15) is 64.9 Å². The highest BCUT2D eigenvalue weighted by Crippen LogP contribution is 2.23. The Hall–Kier alpha value is -1.84. The number of hydrogen-bond acceptors (Lipinski definition) is 2. The van der Waals surface area contributed by atoms with Crippen LogP contribution < -0.4 is 10.6 Å². The van der Waals surface area contributed by atoms with E-state index in [1.807, 2.05) is 24.3 Å². The number of unbranched alkanes of at least 4 members (excludes halogenated alkanes) is 1. The monoisotopic (exact) mass is 318 g/mol. The summed E-state index contributed by atoms with van der Waals surface area (Å²) in [6.07, 6.45) is 4.41. The normalized spacial score (nSPS) is 12.0. The zero-order chi connectivity index (χ0) is 17.2. The first kappa shape index (κ1) is 19.2. The maximum absolute atomic E-state index is 12.1. The van der Waals surface area contributed by atoms with Gasteiger partial charge in [-0.25, -0.2) is 0 Å². The molecule has 0 aliphatic rings. The van der Waals surface area contributed by atoms with E-state index < -0.39 is 11.8 Å². The Morgan fingerprint density at radius 2 is 1.78 bits per heavy atom. The van der Waals surface area contributed by atoms with Crippen molar-refractivity contribution in [1.29, 1.82) is 0 Å². The summed E-state index contributed by atoms with van der Waals surface area (Å²) in [6, 6.07) is 7.59. The minimum atomic E-state index is -0.594. The molecule has 128 valence electrons. The molecule has 0 aliphatic carbocycles. The predicted molar refractivity (Wildman–Crippen MR) is 95.5 cm³/mol. The van der Waals surface area contributed by atoms with Gasteiger partial charge < -0.3 is 10.6 Å². The van der Waals surface area contributed by atoms with E-state index in [2.05, 4.69) is 38.3 Å². The van der Waals surface area contributed by atoms with Gasteiger partial charge in [-0.3, -0.25) is 9.59 Å². The molecule has 23 heavy (non-hydrogen) atoms. The summed E-state index contributed by atoms with van der Waals surface area (Å²) in [5.41, 5.74) is 1.74. The van der Waals surface area contributed by atoms with Gasteiger partial charge in [-0.2, -0.15) is 0 Å². The molecular weight excluding hydrogens is 288 g/mol. The zero-order valence-corrected chi connectivity index (χ0v) is 14.8. The van der Waals surface area contributed by atoms with Gasteiger partial charge in [-0.15, -0.1) is 0 Å². The number of nitrogens with one attached hydrogen (secondary N) is 2. The number of benzene rings is 1. The van der Waals surface area contributed by atoms with Crippen molar-refractivity contribution in [2.24, 2.45) is 5.92 Å². The molecule has 1 atom stereocenters. The maximum atomic E-state index is 12.1. The molecule has 4 nitrogen and oxygen atoms in total. The minimum absolute atomic E-state index is 0.285. The van der Waals surface area contributed by atoms with Crippen molar-refractivity contribution in [3.05, 3.63) is 29.8 Å². The molecule has 2 amide bonds. The molecule has 0 unspecified atom stereocenters. The van der Waals surface area contributed by atoms with Crippen LogP contribution in [0.3, 0.4) is 0 Å². The molecule has 1 aromatic rings. The Bertz CT molecular complexity index is 512. The largest absolute Gasteiger partial charge is 0.348 e. The Labute approximate surface area is 140 Å². The lowest BCUT2D eigenvalue weighted by Crippen LogP contribution is -2.38. The smallest absolute Gasteiger partial charge is 0.313 e. The molecule has 0 saturated heterocycles. The fraction of sp³-hybridized carbons (Fsp3) is 0.579. The third kappa shape index (κ3) is 6.43. The average molecular weight is 318 g/mol. The molecule has 4 heteroatoms. The molecule has 0 aliphatic heterocycles. The summed E-state index contributed by atoms with van der Waals surface area (Å²) in [6.45, 7) is 8.96. The quantitative estimate of drug-likeness (QED) is 0.710. The van der Waals surface area contributed by atoms with Gasteiger partial charge in [0.2, 0.25) is 0 Å². The summed E-state index contributed by atoms with van der Waals surface area (Å²) in [5.74, 6) is -0.426. The molecule has 0 bridgehead atoms. The topological polar surface area (TPSA) is 58.2 Å². The number of carbonyl (C=O) groups is 2. The lowest BCUT2D eigenvalue weighted by atomic mass is 9.99. The molecule has 0 spiro atoms. The second kappa shape index (κ2) is 10.0. The molecule has 0 heterocycles. The number of amides is 2. The minimum Gasteiger partial charge on any atom is -0.348 e. The van der Waals surface area contributed by atoms with Crippen LogP contribution >= 0.6 is 0 Å². The van der Waals surface area contributed by atoms with Gasteiger partial charge in [0, 0.05) is 12.2 Å². The van der Waals surface area contributed by atoms with Crippen molar-refractivity contribution in [2.75, 3.05) is 11.9 Å². The van der Waals surface area contributed by atoms with Crippen LogP contribution in [0.25, 0.3) is 0 Å². The number of para-hydroxylation sites is 1. The molecule has 1 rings (SSSR count). The Morgan fingerprint density at radius 1 is 1.09 bits per heavy atom. The Balaban J connectivity index is 2.56. The summed E-state index contributed by atoms with van der Waals surface area (Å²) >= 11 is 0. The standard InChI is InChI=1S/C19H30N2O2/c1-5-7-10-15(6-2)13-20-18(22)19(23)21-17-12-9-8-11-16(17)14(3)4/h8-9,11-12,14-15H,5-7,10,13H2,1-4H3,(H,20,22)(H,21,23)/t15-/m0/s1. The lowest BCUT2D eigenvalue weighted by Gasteiger charge is -2.16. The molecule has 0 aromatic heterocycles. The molecule has 1 aromatic carbocycles. The molecule has 0 radical (unpaired) electrons. The van der Waals surface area contributed by atoms with Crippen LogP contribution in [0.2, 0.25) is 0 Å². The van der Waals surface area contributed by atoms with Crippen molar-refractivity contribution in [3.63, 3.8) is 0 Å². The maximum Gasteiger partial charge on any atom is 0.313 e. The Kier molecular flexibility index (Phi) is 8.38. The van der Waals surface area contributed by atoms with Gasteiger partial charge in [0.05, 0.1) is 0 Å². The van der Waals surface area contributed by atoms with Gasteiger partial charge in [-0.05, 0) is 29.9 Å². The first-order valence-corrected chi connectivity index (χ1v) is 8.67. The predicted octanol–water partition coefficient (Wildman–Crippen LogP) is 4.08. The van der Waals surface area contributed by atoms with Gasteiger partial charge in [0.15, 0.2) is 0 Å². The van der Waals surface area contributed by atoms with E-state index >= 15 is 0 Å². The van der Waals surface area contributed by atoms with Crippen molar-refractivity contribution in [3.8, 4) is 0 Å². The first-order valence-electron chi connectivity index (χ1n) is 8.67. The van der Waals surface area contributed by atoms with Gasteiger partial charge >= 0.3 is 11.8 Å². The fourth-order valence-electron chi connectivity index (χ4n) is 2.55. The number of hydrogen-bond donors (Lipinski definition) is 2. The summed E-state index contributed by atoms with van der Waals surface area (Å²) in [7, 11) is 0. The SMILES string of the molecule is CCCC[C@H](CC)CNC(=O)C(=O)Nc1ccccc1C(C)C. The lowest BCUT2D eigenvalue weighted by molar-refractivity contribution is -0.136. The van der Waals surface area contributed by atoms with E-state index in [-0.39, 0.29) is 5.92 Å². The number of rotatable bonds is 8. The third-order valence-electron chi connectivity index (χ3n) is 4.13. The van der Waals surface area contributed by atoms with E-state index in [0.717, 1.165) is 31.2 Å². The number of anilines is 1. The second-order valence-electron chi connectivity index (χ2n) is 6.32. The van der Waals surface area contributed by atoms with Gasteiger partial charge in [0.25, 0.3) is 0 Å². The first-order chi connectivity index (χ1) is 11.0. The summed E-state index contributed by atoms with van der Waals surface area (Å²) in [4.78, 5) is 24.1.